The van der Waals surface area contributed by atoms with Crippen LogP contribution in [-0.4, -0.2) is 23.7 Å². The molecule has 0 heterocycles. The minimum Gasteiger partial charge on any atom is -0.491 e. The van der Waals surface area contributed by atoms with Crippen LogP contribution in [0.25, 0.3) is 0 Å². The summed E-state index contributed by atoms with van der Waals surface area (Å²) < 4.78 is 11.4. The second-order valence-corrected chi connectivity index (χ2v) is 7.26. The number of benzene rings is 3. The third-order valence-corrected chi connectivity index (χ3v) is 4.44. The molecule has 0 aromatic heterocycles. The molecule has 1 unspecified atom stereocenters. The number of rotatable bonds is 9. The summed E-state index contributed by atoms with van der Waals surface area (Å²) >= 11 is 0. The quantitative estimate of drug-likeness (QED) is 0.549. The third kappa shape index (κ3) is 6.36. The second kappa shape index (κ2) is 10.5. The van der Waals surface area contributed by atoms with E-state index in [2.05, 4.69) is 5.32 Å². The zero-order valence-corrected chi connectivity index (χ0v) is 17.2. The third-order valence-electron chi connectivity index (χ3n) is 4.44. The maximum absolute atomic E-state index is 12.4. The van der Waals surface area contributed by atoms with Crippen LogP contribution in [-0.2, 0) is 6.61 Å². The number of hydrogen-bond donors (Lipinski definition) is 2. The predicted octanol–water partition coefficient (Wildman–Crippen LogP) is 4.52. The highest BCUT2D eigenvalue weighted by molar-refractivity contribution is 5.94. The number of aliphatic hydroxyl groups is 1. The molecule has 2 N–H and O–H groups in total. The van der Waals surface area contributed by atoms with Crippen molar-refractivity contribution in [3.63, 3.8) is 0 Å². The molecule has 3 aromatic rings. The Hall–Kier alpha value is -3.31. The van der Waals surface area contributed by atoms with Crippen LogP contribution in [0, 0.1) is 0 Å². The Bertz CT molecular complexity index is 939. The van der Waals surface area contributed by atoms with Crippen molar-refractivity contribution in [2.24, 2.45) is 0 Å². The number of nitrogens with one attached hydrogen (secondary N) is 1. The molecule has 0 bridgehead atoms. The smallest absolute Gasteiger partial charge is 0.251 e. The highest BCUT2D eigenvalue weighted by Crippen LogP contribution is 2.20. The van der Waals surface area contributed by atoms with E-state index in [9.17, 15) is 9.90 Å². The maximum Gasteiger partial charge on any atom is 0.251 e. The van der Waals surface area contributed by atoms with Crippen LogP contribution >= 0.6 is 0 Å². The second-order valence-electron chi connectivity index (χ2n) is 7.26. The number of carbonyl (C=O) groups excluding carboxylic acids is 1. The lowest BCUT2D eigenvalue weighted by molar-refractivity contribution is 0.0916. The van der Waals surface area contributed by atoms with E-state index in [4.69, 9.17) is 9.47 Å². The summed E-state index contributed by atoms with van der Waals surface area (Å²) in [6.45, 7) is 4.44. The van der Waals surface area contributed by atoms with Gasteiger partial charge >= 0.3 is 0 Å². The van der Waals surface area contributed by atoms with Crippen LogP contribution in [0.5, 0.6) is 11.5 Å². The molecule has 3 aromatic carbocycles. The fraction of sp³-hybridized carbons (Fsp3) is 0.240. The molecular weight excluding hydrogens is 378 g/mol. The first kappa shape index (κ1) is 21.4. The van der Waals surface area contributed by atoms with Gasteiger partial charge in [-0.3, -0.25) is 4.79 Å². The molecule has 30 heavy (non-hydrogen) atoms. The Balaban J connectivity index is 1.51. The highest BCUT2D eigenvalue weighted by atomic mass is 16.5. The minimum absolute atomic E-state index is 0.0539. The van der Waals surface area contributed by atoms with E-state index < -0.39 is 6.10 Å². The monoisotopic (exact) mass is 405 g/mol. The van der Waals surface area contributed by atoms with E-state index in [0.717, 1.165) is 11.3 Å². The SMILES string of the molecule is CC(C)Oc1cccc(C(O)CNC(=O)c2ccc(COc3ccccc3)cc2)c1. The first-order valence-corrected chi connectivity index (χ1v) is 10.0. The van der Waals surface area contributed by atoms with Crippen molar-refractivity contribution in [2.75, 3.05) is 6.54 Å². The first-order chi connectivity index (χ1) is 14.5. The van der Waals surface area contributed by atoms with Gasteiger partial charge in [-0.25, -0.2) is 0 Å². The lowest BCUT2D eigenvalue weighted by Crippen LogP contribution is -2.28. The molecule has 1 atom stereocenters. The van der Waals surface area contributed by atoms with Gasteiger partial charge in [-0.05, 0) is 61.4 Å². The molecule has 0 saturated carbocycles. The predicted molar refractivity (Wildman–Crippen MR) is 117 cm³/mol. The van der Waals surface area contributed by atoms with Crippen molar-refractivity contribution in [1.29, 1.82) is 0 Å². The number of aliphatic hydroxyl groups excluding tert-OH is 1. The fourth-order valence-corrected chi connectivity index (χ4v) is 2.91. The molecule has 0 fully saturated rings. The topological polar surface area (TPSA) is 67.8 Å². The van der Waals surface area contributed by atoms with E-state index in [-0.39, 0.29) is 18.6 Å². The maximum atomic E-state index is 12.4. The van der Waals surface area contributed by atoms with Gasteiger partial charge in [-0.1, -0.05) is 42.5 Å². The van der Waals surface area contributed by atoms with Gasteiger partial charge in [0, 0.05) is 12.1 Å². The van der Waals surface area contributed by atoms with Crippen molar-refractivity contribution in [2.45, 2.75) is 32.7 Å². The summed E-state index contributed by atoms with van der Waals surface area (Å²) in [6.07, 6.45) is -0.763. The van der Waals surface area contributed by atoms with E-state index in [1.807, 2.05) is 74.5 Å². The van der Waals surface area contributed by atoms with Gasteiger partial charge in [0.05, 0.1) is 12.2 Å². The lowest BCUT2D eigenvalue weighted by atomic mass is 10.1. The largest absolute Gasteiger partial charge is 0.491 e. The fourth-order valence-electron chi connectivity index (χ4n) is 2.91. The molecule has 0 radical (unpaired) electrons. The average Bonchev–Trinajstić information content (AvgIpc) is 2.76. The van der Waals surface area contributed by atoms with Crippen molar-refractivity contribution < 1.29 is 19.4 Å². The average molecular weight is 405 g/mol. The summed E-state index contributed by atoms with van der Waals surface area (Å²) in [7, 11) is 0. The van der Waals surface area contributed by atoms with Crippen LogP contribution in [0.2, 0.25) is 0 Å². The van der Waals surface area contributed by atoms with E-state index >= 15 is 0 Å². The van der Waals surface area contributed by atoms with Gasteiger partial charge < -0.3 is 19.9 Å². The van der Waals surface area contributed by atoms with Crippen molar-refractivity contribution in [1.82, 2.24) is 5.32 Å². The van der Waals surface area contributed by atoms with Gasteiger partial charge in [0.25, 0.3) is 5.91 Å². The molecule has 0 spiro atoms. The summed E-state index contributed by atoms with van der Waals surface area (Å²) in [4.78, 5) is 12.4. The normalized spacial score (nSPS) is 11.7. The standard InChI is InChI=1S/C25H27NO4/c1-18(2)30-23-10-6-7-21(15-23)24(27)16-26-25(28)20-13-11-19(12-14-20)17-29-22-8-4-3-5-9-22/h3-15,18,24,27H,16-17H2,1-2H3,(H,26,28). The van der Waals surface area contributed by atoms with Gasteiger partial charge in [-0.15, -0.1) is 0 Å². The molecule has 0 aliphatic carbocycles. The molecule has 0 saturated heterocycles. The zero-order valence-electron chi connectivity index (χ0n) is 17.2. The molecule has 1 amide bonds. The number of carbonyl (C=O) groups is 1. The van der Waals surface area contributed by atoms with Gasteiger partial charge in [0.1, 0.15) is 18.1 Å². The zero-order chi connectivity index (χ0) is 21.3. The number of amides is 1. The van der Waals surface area contributed by atoms with E-state index in [1.165, 1.54) is 0 Å². The van der Waals surface area contributed by atoms with Crippen LogP contribution in [0.15, 0.2) is 78.9 Å². The molecule has 156 valence electrons. The molecule has 5 heteroatoms. The number of ether oxygens (including phenoxy) is 2. The molecule has 0 aliphatic rings. The molecule has 5 nitrogen and oxygen atoms in total. The molecule has 0 aliphatic heterocycles. The van der Waals surface area contributed by atoms with Crippen LogP contribution in [0.1, 0.15) is 41.4 Å². The summed E-state index contributed by atoms with van der Waals surface area (Å²) in [5.41, 5.74) is 2.20. The number of para-hydroxylation sites is 1. The number of hydrogen-bond acceptors (Lipinski definition) is 4. The Kier molecular flexibility index (Phi) is 7.46. The highest BCUT2D eigenvalue weighted by Gasteiger charge is 2.12. The van der Waals surface area contributed by atoms with Crippen LogP contribution < -0.4 is 14.8 Å². The minimum atomic E-state index is -0.816. The Morgan fingerprint density at radius 1 is 0.933 bits per heavy atom. The Labute approximate surface area is 177 Å². The summed E-state index contributed by atoms with van der Waals surface area (Å²) in [5, 5.41) is 13.2. The molecule has 3 rings (SSSR count). The summed E-state index contributed by atoms with van der Waals surface area (Å²) in [6, 6.07) is 24.1. The van der Waals surface area contributed by atoms with Crippen molar-refractivity contribution >= 4 is 5.91 Å². The summed E-state index contributed by atoms with van der Waals surface area (Å²) in [5.74, 6) is 1.26. The van der Waals surface area contributed by atoms with Gasteiger partial charge in [-0.2, -0.15) is 0 Å². The van der Waals surface area contributed by atoms with Crippen molar-refractivity contribution in [3.05, 3.63) is 95.6 Å². The van der Waals surface area contributed by atoms with E-state index in [0.29, 0.717) is 23.5 Å². The van der Waals surface area contributed by atoms with Gasteiger partial charge in [0.2, 0.25) is 0 Å². The van der Waals surface area contributed by atoms with E-state index in [1.54, 1.807) is 18.2 Å². The lowest BCUT2D eigenvalue weighted by Gasteiger charge is -2.15. The van der Waals surface area contributed by atoms with Crippen LogP contribution in [0.4, 0.5) is 0 Å². The Morgan fingerprint density at radius 3 is 2.33 bits per heavy atom. The van der Waals surface area contributed by atoms with Gasteiger partial charge in [0.15, 0.2) is 0 Å². The molecular formula is C25H27NO4. The first-order valence-electron chi connectivity index (χ1n) is 10.0. The Morgan fingerprint density at radius 2 is 1.63 bits per heavy atom. The van der Waals surface area contributed by atoms with Crippen LogP contribution in [0.3, 0.4) is 0 Å². The van der Waals surface area contributed by atoms with Crippen molar-refractivity contribution in [3.8, 4) is 11.5 Å².